The van der Waals surface area contributed by atoms with E-state index in [-0.39, 0.29) is 0 Å². The van der Waals surface area contributed by atoms with Gasteiger partial charge in [0, 0.05) is 21.3 Å². The fourth-order valence-corrected chi connectivity index (χ4v) is 4.93. The Balaban J connectivity index is 4.29. The van der Waals surface area contributed by atoms with E-state index in [0.29, 0.717) is 0 Å². The first kappa shape index (κ1) is 11.9. The molecule has 0 atom stereocenters. The molecule has 0 spiro atoms. The average Bonchev–Trinajstić information content (AvgIpc) is 2.14. The van der Waals surface area contributed by atoms with E-state index in [1.807, 2.05) is 0 Å². The molecule has 0 aromatic rings. The topological polar surface area (TPSA) is 71.1 Å². The SMILES string of the molecule is CO[Si](OC)(OC)O[Si](=O)[SiH]=O. The predicted octanol–water partition coefficient (Wildman–Crippen LogP) is -1.42. The van der Waals surface area contributed by atoms with E-state index in [1.165, 1.54) is 21.3 Å². The maximum Gasteiger partial charge on any atom is 0.736 e. The summed E-state index contributed by atoms with van der Waals surface area (Å²) in [5, 5.41) is 0. The third-order valence-corrected chi connectivity index (χ3v) is 6.21. The molecule has 0 amide bonds. The van der Waals surface area contributed by atoms with Gasteiger partial charge in [-0.25, -0.2) is 0 Å². The maximum absolute atomic E-state index is 10.8. The molecular formula is C3H10O6Si3. The smallest absolute Gasteiger partial charge is 0.516 e. The normalized spacial score (nSPS) is 10.9. The Kier molecular flexibility index (Phi) is 5.52. The van der Waals surface area contributed by atoms with Crippen LogP contribution >= 0.6 is 0 Å². The fraction of sp³-hybridized carbons (Fsp3) is 1.00. The van der Waals surface area contributed by atoms with Gasteiger partial charge >= 0.3 is 26.4 Å². The van der Waals surface area contributed by atoms with Crippen molar-refractivity contribution in [2.75, 3.05) is 21.3 Å². The molecule has 0 aromatic carbocycles. The predicted molar refractivity (Wildman–Crippen MR) is 42.1 cm³/mol. The summed E-state index contributed by atoms with van der Waals surface area (Å²) in [7, 11) is -3.32. The van der Waals surface area contributed by atoms with Gasteiger partial charge in [0.2, 0.25) is 0 Å². The van der Waals surface area contributed by atoms with Crippen molar-refractivity contribution >= 4 is 26.4 Å². The molecule has 0 aliphatic carbocycles. The van der Waals surface area contributed by atoms with Crippen LogP contribution in [0.25, 0.3) is 0 Å². The summed E-state index contributed by atoms with van der Waals surface area (Å²) in [5.41, 5.74) is 0. The second-order valence-electron chi connectivity index (χ2n) is 1.65. The van der Waals surface area contributed by atoms with Crippen LogP contribution in [0.1, 0.15) is 0 Å². The van der Waals surface area contributed by atoms with E-state index in [2.05, 4.69) is 0 Å². The van der Waals surface area contributed by atoms with Crippen LogP contribution in [0.15, 0.2) is 0 Å². The summed E-state index contributed by atoms with van der Waals surface area (Å²) in [4.78, 5) is 0. The van der Waals surface area contributed by atoms with Crippen molar-refractivity contribution in [1.82, 2.24) is 0 Å². The molecule has 0 rings (SSSR count). The zero-order chi connectivity index (χ0) is 9.61. The highest BCUT2D eigenvalue weighted by Crippen LogP contribution is 2.06. The summed E-state index contributed by atoms with van der Waals surface area (Å²) in [6, 6.07) is 0. The molecule has 0 saturated carbocycles. The van der Waals surface area contributed by atoms with E-state index < -0.39 is 26.4 Å². The van der Waals surface area contributed by atoms with Crippen LogP contribution in [-0.2, 0) is 26.3 Å². The number of rotatable bonds is 6. The molecule has 0 aliphatic rings. The van der Waals surface area contributed by atoms with E-state index >= 15 is 0 Å². The molecule has 0 saturated heterocycles. The third-order valence-electron chi connectivity index (χ3n) is 1.07. The molecule has 0 aromatic heterocycles. The zero-order valence-corrected chi connectivity index (χ0v) is 10.2. The fourth-order valence-electron chi connectivity index (χ4n) is 0.522. The first-order valence-electron chi connectivity index (χ1n) is 2.97. The second kappa shape index (κ2) is 5.55. The lowest BCUT2D eigenvalue weighted by atomic mass is 11.8. The van der Waals surface area contributed by atoms with Crippen molar-refractivity contribution in [3.05, 3.63) is 0 Å². The Bertz CT molecular complexity index is 159. The second-order valence-corrected chi connectivity index (χ2v) is 7.69. The number of hydrogen-bond acceptors (Lipinski definition) is 6. The largest absolute Gasteiger partial charge is 0.736 e. The van der Waals surface area contributed by atoms with Gasteiger partial charge < -0.3 is 26.3 Å². The van der Waals surface area contributed by atoms with Crippen molar-refractivity contribution < 1.29 is 26.3 Å². The Hall–Kier alpha value is -0.0694. The van der Waals surface area contributed by atoms with Crippen LogP contribution in [0.4, 0.5) is 0 Å². The van der Waals surface area contributed by atoms with Gasteiger partial charge in [0.15, 0.2) is 0 Å². The summed E-state index contributed by atoms with van der Waals surface area (Å²) in [6.45, 7) is 0. The third kappa shape index (κ3) is 3.12. The minimum atomic E-state index is -3.25. The van der Waals surface area contributed by atoms with Crippen LogP contribution in [0, 0.1) is 0 Å². The Morgan fingerprint density at radius 1 is 1.17 bits per heavy atom. The van der Waals surface area contributed by atoms with Gasteiger partial charge in [0.1, 0.15) is 0 Å². The van der Waals surface area contributed by atoms with Crippen LogP contribution in [-0.4, -0.2) is 47.7 Å². The highest BCUT2D eigenvalue weighted by Gasteiger charge is 2.46. The van der Waals surface area contributed by atoms with Crippen molar-refractivity contribution in [3.8, 4) is 0 Å². The lowest BCUT2D eigenvalue weighted by Gasteiger charge is -2.21. The average molecular weight is 226 g/mol. The zero-order valence-electron chi connectivity index (χ0n) is 7.03. The monoisotopic (exact) mass is 226 g/mol. The summed E-state index contributed by atoms with van der Waals surface area (Å²) in [5.74, 6) is 0. The number of hydrogen-bond donors (Lipinski definition) is 0. The van der Waals surface area contributed by atoms with Crippen molar-refractivity contribution in [2.45, 2.75) is 0 Å². The lowest BCUT2D eigenvalue weighted by Crippen LogP contribution is -2.49. The molecule has 0 fully saturated rings. The molecule has 0 unspecified atom stereocenters. The molecule has 0 heterocycles. The van der Waals surface area contributed by atoms with Gasteiger partial charge in [-0.05, 0) is 0 Å². The first-order chi connectivity index (χ1) is 5.64. The molecule has 12 heavy (non-hydrogen) atoms. The van der Waals surface area contributed by atoms with E-state index in [9.17, 15) is 8.92 Å². The molecule has 70 valence electrons. The van der Waals surface area contributed by atoms with Gasteiger partial charge in [-0.2, -0.15) is 0 Å². The highest BCUT2D eigenvalue weighted by atomic mass is 29.2. The van der Waals surface area contributed by atoms with Crippen molar-refractivity contribution in [2.24, 2.45) is 0 Å². The summed E-state index contributed by atoms with van der Waals surface area (Å²) < 4.78 is 40.1. The Morgan fingerprint density at radius 2 is 1.58 bits per heavy atom. The quantitative estimate of drug-likeness (QED) is 0.517. The summed E-state index contributed by atoms with van der Waals surface area (Å²) >= 11 is 0. The van der Waals surface area contributed by atoms with Crippen LogP contribution in [0.3, 0.4) is 0 Å². The molecular weight excluding hydrogens is 216 g/mol. The van der Waals surface area contributed by atoms with Gasteiger partial charge in [-0.1, -0.05) is 0 Å². The van der Waals surface area contributed by atoms with E-state index in [0.717, 1.165) is 0 Å². The van der Waals surface area contributed by atoms with Crippen molar-refractivity contribution in [3.63, 3.8) is 0 Å². The molecule has 0 bridgehead atoms. The van der Waals surface area contributed by atoms with Gasteiger partial charge in [0.05, 0.1) is 0 Å². The van der Waals surface area contributed by atoms with Crippen LogP contribution < -0.4 is 0 Å². The summed E-state index contributed by atoms with van der Waals surface area (Å²) in [6.07, 6.45) is 0. The van der Waals surface area contributed by atoms with E-state index in [4.69, 9.17) is 17.4 Å². The minimum Gasteiger partial charge on any atom is -0.516 e. The van der Waals surface area contributed by atoms with Gasteiger partial charge in [0.25, 0.3) is 0 Å². The minimum absolute atomic E-state index is 1.31. The lowest BCUT2D eigenvalue weighted by molar-refractivity contribution is 0.0494. The van der Waals surface area contributed by atoms with Crippen LogP contribution in [0.2, 0.25) is 0 Å². The van der Waals surface area contributed by atoms with Crippen LogP contribution in [0.5, 0.6) is 0 Å². The molecule has 0 radical (unpaired) electrons. The standard InChI is InChI=1S/C3H10O6Si3/c1-6-12(7-2,8-3)9-11(5)10-4/h10H,1-3H3. The Labute approximate surface area is 74.7 Å². The Morgan fingerprint density at radius 3 is 1.83 bits per heavy atom. The molecule has 6 nitrogen and oxygen atoms in total. The molecule has 0 N–H and O–H groups in total. The van der Waals surface area contributed by atoms with Gasteiger partial charge in [-0.15, -0.1) is 0 Å². The van der Waals surface area contributed by atoms with E-state index in [1.54, 1.807) is 0 Å². The van der Waals surface area contributed by atoms with Gasteiger partial charge in [-0.3, -0.25) is 0 Å². The molecule has 9 heteroatoms. The first-order valence-corrected chi connectivity index (χ1v) is 8.20. The maximum atomic E-state index is 10.8. The van der Waals surface area contributed by atoms with Crippen molar-refractivity contribution in [1.29, 1.82) is 0 Å². The highest BCUT2D eigenvalue weighted by molar-refractivity contribution is 6.96. The molecule has 0 aliphatic heterocycles.